The van der Waals surface area contributed by atoms with Crippen LogP contribution in [0.25, 0.3) is 0 Å². The van der Waals surface area contributed by atoms with Gasteiger partial charge in [0.15, 0.2) is 0 Å². The fraction of sp³-hybridized carbons (Fsp3) is 0.250. The summed E-state index contributed by atoms with van der Waals surface area (Å²) in [5.74, 6) is -0.648. The molecular weight excluding hydrogens is 314 g/mol. The van der Waals surface area contributed by atoms with E-state index in [0.29, 0.717) is 15.8 Å². The largest absolute Gasteiger partial charge is 0.464 e. The first kappa shape index (κ1) is 15.2. The maximum absolute atomic E-state index is 11.1. The van der Waals surface area contributed by atoms with Crippen LogP contribution in [0.5, 0.6) is 0 Å². The van der Waals surface area contributed by atoms with Crippen LogP contribution in [0.2, 0.25) is 0 Å². The third-order valence-electron chi connectivity index (χ3n) is 2.11. The first-order valence-electron chi connectivity index (χ1n) is 5.39. The van der Waals surface area contributed by atoms with Gasteiger partial charge < -0.3 is 10.1 Å². The molecule has 6 nitrogen and oxygen atoms in total. The number of hydrogen-bond donors (Lipinski definition) is 2. The number of ether oxygens (including phenoxy) is 1. The Morgan fingerprint density at radius 3 is 2.53 bits per heavy atom. The maximum Gasteiger partial charge on any atom is 0.353 e. The zero-order valence-corrected chi connectivity index (χ0v) is 12.4. The number of esters is 1. The highest BCUT2D eigenvalue weighted by Crippen LogP contribution is 2.26. The van der Waals surface area contributed by atoms with E-state index in [9.17, 15) is 9.59 Å². The van der Waals surface area contributed by atoms with Gasteiger partial charge >= 0.3 is 5.97 Å². The first-order chi connectivity index (χ1) is 8.93. The molecule has 1 rings (SSSR count). The summed E-state index contributed by atoms with van der Waals surface area (Å²) in [6.07, 6.45) is 0. The molecule has 102 valence electrons. The summed E-state index contributed by atoms with van der Waals surface area (Å²) in [6.45, 7) is 2.97. The molecule has 0 saturated carbocycles. The number of carbonyl (C=O) groups is 2. The van der Waals surface area contributed by atoms with E-state index in [2.05, 4.69) is 36.5 Å². The van der Waals surface area contributed by atoms with E-state index in [4.69, 9.17) is 0 Å². The van der Waals surface area contributed by atoms with Crippen molar-refractivity contribution in [2.45, 2.75) is 13.8 Å². The van der Waals surface area contributed by atoms with Crippen molar-refractivity contribution in [3.8, 4) is 0 Å². The highest BCUT2D eigenvalue weighted by Gasteiger charge is 2.06. The number of amides is 1. The summed E-state index contributed by atoms with van der Waals surface area (Å²) < 4.78 is 5.23. The second-order valence-corrected chi connectivity index (χ2v) is 4.53. The molecular formula is C12H14BrN3O3. The molecule has 7 heteroatoms. The minimum Gasteiger partial charge on any atom is -0.464 e. The Labute approximate surface area is 119 Å². The third kappa shape index (κ3) is 4.70. The van der Waals surface area contributed by atoms with Crippen molar-refractivity contribution < 1.29 is 14.3 Å². The number of hydrazone groups is 1. The molecule has 2 N–H and O–H groups in total. The number of halogens is 1. The Bertz CT molecular complexity index is 529. The Balaban J connectivity index is 2.80. The van der Waals surface area contributed by atoms with Gasteiger partial charge in [-0.3, -0.25) is 10.2 Å². The lowest BCUT2D eigenvalue weighted by Gasteiger charge is -2.07. The minimum absolute atomic E-state index is 0.146. The van der Waals surface area contributed by atoms with Crippen LogP contribution in [-0.4, -0.2) is 24.7 Å². The van der Waals surface area contributed by atoms with Crippen molar-refractivity contribution in [3.05, 3.63) is 22.7 Å². The van der Waals surface area contributed by atoms with Gasteiger partial charge in [-0.1, -0.05) is 0 Å². The van der Waals surface area contributed by atoms with Gasteiger partial charge in [0.1, 0.15) is 5.71 Å². The lowest BCUT2D eigenvalue weighted by Crippen LogP contribution is -2.13. The van der Waals surface area contributed by atoms with Crippen molar-refractivity contribution in [2.24, 2.45) is 5.10 Å². The second-order valence-electron chi connectivity index (χ2n) is 3.68. The minimum atomic E-state index is -0.501. The van der Waals surface area contributed by atoms with E-state index in [0.717, 1.165) is 0 Å². The second kappa shape index (κ2) is 6.89. The molecule has 0 aliphatic rings. The third-order valence-corrected chi connectivity index (χ3v) is 2.77. The zero-order chi connectivity index (χ0) is 14.4. The predicted octanol–water partition coefficient (Wildman–Crippen LogP) is 2.37. The smallest absolute Gasteiger partial charge is 0.353 e. The molecule has 0 aliphatic heterocycles. The number of hydrogen-bond acceptors (Lipinski definition) is 5. The van der Waals surface area contributed by atoms with Gasteiger partial charge in [-0.05, 0) is 41.1 Å². The van der Waals surface area contributed by atoms with Gasteiger partial charge in [-0.2, -0.15) is 5.10 Å². The molecule has 0 unspecified atom stereocenters. The average molecular weight is 328 g/mol. The van der Waals surface area contributed by atoms with Crippen LogP contribution in [-0.2, 0) is 14.3 Å². The molecule has 0 aliphatic carbocycles. The fourth-order valence-electron chi connectivity index (χ4n) is 1.22. The van der Waals surface area contributed by atoms with E-state index in [-0.39, 0.29) is 11.6 Å². The van der Waals surface area contributed by atoms with E-state index in [1.54, 1.807) is 25.1 Å². The molecule has 0 atom stereocenters. The number of anilines is 2. The molecule has 0 spiro atoms. The average Bonchev–Trinajstić information content (AvgIpc) is 2.35. The van der Waals surface area contributed by atoms with Gasteiger partial charge in [0.2, 0.25) is 5.91 Å². The van der Waals surface area contributed by atoms with Crippen molar-refractivity contribution in [1.29, 1.82) is 0 Å². The lowest BCUT2D eigenvalue weighted by atomic mass is 10.3. The standard InChI is InChI=1S/C12H14BrN3O3/c1-7(12(18)19-3)15-16-11-5-4-9(6-10(11)13)14-8(2)17/h4-6,16H,1-3H3,(H,14,17)/b15-7+. The molecule has 19 heavy (non-hydrogen) atoms. The Hall–Kier alpha value is -1.89. The number of nitrogens with zero attached hydrogens (tertiary/aromatic N) is 1. The van der Waals surface area contributed by atoms with Crippen LogP contribution >= 0.6 is 15.9 Å². The predicted molar refractivity (Wildman–Crippen MR) is 77.2 cm³/mol. The van der Waals surface area contributed by atoms with Gasteiger partial charge in [0.25, 0.3) is 0 Å². The van der Waals surface area contributed by atoms with Crippen LogP contribution in [0.3, 0.4) is 0 Å². The van der Waals surface area contributed by atoms with Gasteiger partial charge in [0, 0.05) is 17.1 Å². The Morgan fingerprint density at radius 2 is 2.00 bits per heavy atom. The first-order valence-corrected chi connectivity index (χ1v) is 6.19. The fourth-order valence-corrected chi connectivity index (χ4v) is 1.69. The molecule has 0 radical (unpaired) electrons. The lowest BCUT2D eigenvalue weighted by molar-refractivity contribution is -0.132. The number of carbonyl (C=O) groups excluding carboxylic acids is 2. The number of methoxy groups -OCH3 is 1. The normalized spacial score (nSPS) is 10.8. The summed E-state index contributed by atoms with van der Waals surface area (Å²) in [7, 11) is 1.29. The highest BCUT2D eigenvalue weighted by atomic mass is 79.9. The van der Waals surface area contributed by atoms with Crippen LogP contribution in [0.15, 0.2) is 27.8 Å². The molecule has 0 aromatic heterocycles. The van der Waals surface area contributed by atoms with E-state index >= 15 is 0 Å². The van der Waals surface area contributed by atoms with Crippen molar-refractivity contribution in [2.75, 3.05) is 17.9 Å². The van der Waals surface area contributed by atoms with Crippen LogP contribution in [0, 0.1) is 0 Å². The molecule has 1 aromatic rings. The summed E-state index contributed by atoms with van der Waals surface area (Å²) >= 11 is 3.34. The van der Waals surface area contributed by atoms with Crippen molar-refractivity contribution >= 4 is 44.9 Å². The topological polar surface area (TPSA) is 79.8 Å². The summed E-state index contributed by atoms with van der Waals surface area (Å²) in [5.41, 5.74) is 4.27. The van der Waals surface area contributed by atoms with Crippen molar-refractivity contribution in [1.82, 2.24) is 0 Å². The number of rotatable bonds is 4. The summed E-state index contributed by atoms with van der Waals surface area (Å²) in [4.78, 5) is 22.1. The molecule has 0 bridgehead atoms. The molecule has 1 amide bonds. The van der Waals surface area contributed by atoms with E-state index in [1.807, 2.05) is 0 Å². The number of nitrogens with one attached hydrogen (secondary N) is 2. The van der Waals surface area contributed by atoms with E-state index < -0.39 is 5.97 Å². The van der Waals surface area contributed by atoms with Crippen LogP contribution < -0.4 is 10.7 Å². The summed E-state index contributed by atoms with van der Waals surface area (Å²) in [6, 6.07) is 5.17. The Kier molecular flexibility index (Phi) is 5.50. The summed E-state index contributed by atoms with van der Waals surface area (Å²) in [5, 5.41) is 6.55. The van der Waals surface area contributed by atoms with E-state index in [1.165, 1.54) is 14.0 Å². The molecule has 0 heterocycles. The van der Waals surface area contributed by atoms with Crippen molar-refractivity contribution in [3.63, 3.8) is 0 Å². The van der Waals surface area contributed by atoms with Gasteiger partial charge in [0.05, 0.1) is 12.8 Å². The quantitative estimate of drug-likeness (QED) is 0.505. The van der Waals surface area contributed by atoms with Crippen LogP contribution in [0.4, 0.5) is 11.4 Å². The van der Waals surface area contributed by atoms with Crippen LogP contribution in [0.1, 0.15) is 13.8 Å². The molecule has 0 fully saturated rings. The molecule has 1 aromatic carbocycles. The zero-order valence-electron chi connectivity index (χ0n) is 10.8. The molecule has 0 saturated heterocycles. The van der Waals surface area contributed by atoms with Gasteiger partial charge in [-0.25, -0.2) is 4.79 Å². The monoisotopic (exact) mass is 327 g/mol. The SMILES string of the molecule is COC(=O)/C(C)=N/Nc1ccc(NC(C)=O)cc1Br. The van der Waals surface area contributed by atoms with Gasteiger partial charge in [-0.15, -0.1) is 0 Å². The highest BCUT2D eigenvalue weighted by molar-refractivity contribution is 9.10. The Morgan fingerprint density at radius 1 is 1.32 bits per heavy atom. The number of benzene rings is 1. The maximum atomic E-state index is 11.1.